The Labute approximate surface area is 225 Å². The SMILES string of the molecule is CCC(C)N(C(=O)C(C)NC(=O)OC(C)(C)C)C(C(=O)Nc1ccc2ccccc2c1)c1cccc(C)c1. The summed E-state index contributed by atoms with van der Waals surface area (Å²) in [4.78, 5) is 41.8. The zero-order chi connectivity index (χ0) is 28.0. The number of fused-ring (bicyclic) bond motifs is 1. The first-order chi connectivity index (χ1) is 17.9. The van der Waals surface area contributed by atoms with Crippen molar-refractivity contribution in [1.29, 1.82) is 0 Å². The second-order valence-corrected chi connectivity index (χ2v) is 10.7. The third-order valence-corrected chi connectivity index (χ3v) is 6.33. The van der Waals surface area contributed by atoms with Gasteiger partial charge in [-0.25, -0.2) is 4.79 Å². The highest BCUT2D eigenvalue weighted by atomic mass is 16.6. The molecule has 0 radical (unpaired) electrons. The second kappa shape index (κ2) is 12.1. The lowest BCUT2D eigenvalue weighted by molar-refractivity contribution is -0.143. The van der Waals surface area contributed by atoms with Gasteiger partial charge in [0.05, 0.1) is 0 Å². The highest BCUT2D eigenvalue weighted by molar-refractivity contribution is 6.00. The summed E-state index contributed by atoms with van der Waals surface area (Å²) in [5.41, 5.74) is 1.61. The molecule has 3 amide bonds. The van der Waals surface area contributed by atoms with Crippen molar-refractivity contribution in [2.45, 2.75) is 78.6 Å². The van der Waals surface area contributed by atoms with Crippen molar-refractivity contribution in [3.63, 3.8) is 0 Å². The number of benzene rings is 3. The minimum absolute atomic E-state index is 0.279. The summed E-state index contributed by atoms with van der Waals surface area (Å²) >= 11 is 0. The first kappa shape index (κ1) is 28.7. The van der Waals surface area contributed by atoms with Gasteiger partial charge in [0.1, 0.15) is 17.7 Å². The first-order valence-corrected chi connectivity index (χ1v) is 13.1. The van der Waals surface area contributed by atoms with Gasteiger partial charge in [-0.1, -0.05) is 67.1 Å². The number of hydrogen-bond acceptors (Lipinski definition) is 4. The van der Waals surface area contributed by atoms with E-state index in [0.29, 0.717) is 17.7 Å². The van der Waals surface area contributed by atoms with Gasteiger partial charge in [-0.3, -0.25) is 9.59 Å². The molecule has 3 aromatic rings. The van der Waals surface area contributed by atoms with Crippen molar-refractivity contribution in [3.05, 3.63) is 77.9 Å². The van der Waals surface area contributed by atoms with Gasteiger partial charge >= 0.3 is 6.09 Å². The van der Waals surface area contributed by atoms with Crippen LogP contribution >= 0.6 is 0 Å². The van der Waals surface area contributed by atoms with Crippen molar-refractivity contribution in [1.82, 2.24) is 10.2 Å². The lowest BCUT2D eigenvalue weighted by Gasteiger charge is -2.37. The van der Waals surface area contributed by atoms with Crippen LogP contribution in [0.5, 0.6) is 0 Å². The van der Waals surface area contributed by atoms with E-state index in [2.05, 4.69) is 10.6 Å². The molecule has 0 aliphatic carbocycles. The lowest BCUT2D eigenvalue weighted by Crippen LogP contribution is -2.53. The molecule has 0 saturated carbocycles. The van der Waals surface area contributed by atoms with E-state index in [4.69, 9.17) is 4.74 Å². The Balaban J connectivity index is 1.98. The van der Waals surface area contributed by atoms with Crippen LogP contribution in [0.3, 0.4) is 0 Å². The van der Waals surface area contributed by atoms with E-state index < -0.39 is 23.8 Å². The molecule has 38 heavy (non-hydrogen) atoms. The Morgan fingerprint density at radius 1 is 0.921 bits per heavy atom. The van der Waals surface area contributed by atoms with Crippen LogP contribution < -0.4 is 10.6 Å². The van der Waals surface area contributed by atoms with Crippen molar-refractivity contribution in [3.8, 4) is 0 Å². The fourth-order valence-corrected chi connectivity index (χ4v) is 4.32. The average molecular weight is 518 g/mol. The third kappa shape index (κ3) is 7.34. The van der Waals surface area contributed by atoms with Gasteiger partial charge < -0.3 is 20.3 Å². The Hall–Kier alpha value is -3.87. The zero-order valence-electron chi connectivity index (χ0n) is 23.4. The minimum atomic E-state index is -0.910. The summed E-state index contributed by atoms with van der Waals surface area (Å²) in [5, 5.41) is 7.74. The van der Waals surface area contributed by atoms with E-state index in [0.717, 1.165) is 16.3 Å². The second-order valence-electron chi connectivity index (χ2n) is 10.7. The van der Waals surface area contributed by atoms with Crippen LogP contribution in [0.2, 0.25) is 0 Å². The quantitative estimate of drug-likeness (QED) is 0.364. The van der Waals surface area contributed by atoms with Gasteiger partial charge in [0.25, 0.3) is 5.91 Å². The van der Waals surface area contributed by atoms with Crippen molar-refractivity contribution in [2.75, 3.05) is 5.32 Å². The molecule has 0 aromatic heterocycles. The van der Waals surface area contributed by atoms with Crippen LogP contribution in [0.25, 0.3) is 10.8 Å². The van der Waals surface area contributed by atoms with E-state index in [1.54, 1.807) is 32.6 Å². The van der Waals surface area contributed by atoms with Crippen LogP contribution in [0, 0.1) is 6.92 Å². The maximum atomic E-state index is 13.9. The number of rotatable bonds is 8. The maximum Gasteiger partial charge on any atom is 0.408 e. The van der Waals surface area contributed by atoms with Gasteiger partial charge in [-0.05, 0) is 76.4 Å². The number of anilines is 1. The van der Waals surface area contributed by atoms with Crippen LogP contribution in [0.4, 0.5) is 10.5 Å². The van der Waals surface area contributed by atoms with Gasteiger partial charge in [0.2, 0.25) is 5.91 Å². The molecule has 0 fully saturated rings. The van der Waals surface area contributed by atoms with E-state index >= 15 is 0 Å². The standard InChI is InChI=1S/C31H39N3O4/c1-8-21(3)34(29(36)22(4)32-30(37)38-31(5,6)7)27(25-15-11-12-20(2)18-25)28(35)33-26-17-16-23-13-9-10-14-24(23)19-26/h9-19,21-22,27H,8H2,1-7H3,(H,32,37)(H,33,35). The number of hydrogen-bond donors (Lipinski definition) is 2. The summed E-state index contributed by atoms with van der Waals surface area (Å²) in [6.07, 6.45) is -0.0635. The van der Waals surface area contributed by atoms with Crippen LogP contribution in [0.1, 0.15) is 65.1 Å². The zero-order valence-corrected chi connectivity index (χ0v) is 23.4. The lowest BCUT2D eigenvalue weighted by atomic mass is 9.98. The van der Waals surface area contributed by atoms with E-state index in [1.165, 1.54) is 0 Å². The molecule has 3 aromatic carbocycles. The number of alkyl carbamates (subject to hydrolysis) is 1. The monoisotopic (exact) mass is 517 g/mol. The Morgan fingerprint density at radius 3 is 2.24 bits per heavy atom. The fraction of sp³-hybridized carbons (Fsp3) is 0.387. The molecular weight excluding hydrogens is 478 g/mol. The number of aryl methyl sites for hydroxylation is 1. The molecule has 3 atom stereocenters. The molecule has 0 aliphatic heterocycles. The van der Waals surface area contributed by atoms with Crippen LogP contribution in [-0.2, 0) is 14.3 Å². The van der Waals surface area contributed by atoms with Gasteiger partial charge in [-0.15, -0.1) is 0 Å². The van der Waals surface area contributed by atoms with Gasteiger partial charge in [-0.2, -0.15) is 0 Å². The van der Waals surface area contributed by atoms with Crippen molar-refractivity contribution >= 4 is 34.4 Å². The molecule has 7 heteroatoms. The molecule has 2 N–H and O–H groups in total. The summed E-state index contributed by atoms with van der Waals surface area (Å²) in [6.45, 7) is 12.7. The molecule has 3 rings (SSSR count). The summed E-state index contributed by atoms with van der Waals surface area (Å²) < 4.78 is 5.35. The Kier molecular flexibility index (Phi) is 9.15. The number of amides is 3. The minimum Gasteiger partial charge on any atom is -0.444 e. The summed E-state index contributed by atoms with van der Waals surface area (Å²) in [7, 11) is 0. The smallest absolute Gasteiger partial charge is 0.408 e. The highest BCUT2D eigenvalue weighted by Crippen LogP contribution is 2.29. The molecule has 0 heterocycles. The van der Waals surface area contributed by atoms with E-state index in [1.807, 2.05) is 87.5 Å². The molecule has 0 spiro atoms. The molecule has 3 unspecified atom stereocenters. The van der Waals surface area contributed by atoms with Crippen molar-refractivity contribution in [2.24, 2.45) is 0 Å². The fourth-order valence-electron chi connectivity index (χ4n) is 4.32. The maximum absolute atomic E-state index is 13.9. The number of nitrogens with one attached hydrogen (secondary N) is 2. The predicted octanol–water partition coefficient (Wildman–Crippen LogP) is 6.37. The summed E-state index contributed by atoms with van der Waals surface area (Å²) in [5.74, 6) is -0.700. The number of carbonyl (C=O) groups is 3. The molecule has 0 bridgehead atoms. The molecule has 202 valence electrons. The topological polar surface area (TPSA) is 87.7 Å². The number of nitrogens with zero attached hydrogens (tertiary/aromatic N) is 1. The van der Waals surface area contributed by atoms with E-state index in [-0.39, 0.29) is 17.9 Å². The first-order valence-electron chi connectivity index (χ1n) is 13.1. The van der Waals surface area contributed by atoms with Gasteiger partial charge in [0, 0.05) is 11.7 Å². The molecule has 0 aliphatic rings. The largest absolute Gasteiger partial charge is 0.444 e. The predicted molar refractivity (Wildman–Crippen MR) is 152 cm³/mol. The molecular formula is C31H39N3O4. The number of carbonyl (C=O) groups excluding carboxylic acids is 3. The van der Waals surface area contributed by atoms with E-state index in [9.17, 15) is 14.4 Å². The van der Waals surface area contributed by atoms with Crippen LogP contribution in [-0.4, -0.2) is 40.5 Å². The Morgan fingerprint density at radius 2 is 1.61 bits per heavy atom. The van der Waals surface area contributed by atoms with Crippen LogP contribution in [0.15, 0.2) is 66.7 Å². The average Bonchev–Trinajstić information content (AvgIpc) is 2.84. The van der Waals surface area contributed by atoms with Gasteiger partial charge in [0.15, 0.2) is 0 Å². The van der Waals surface area contributed by atoms with Crippen molar-refractivity contribution < 1.29 is 19.1 Å². The third-order valence-electron chi connectivity index (χ3n) is 6.33. The summed E-state index contributed by atoms with van der Waals surface area (Å²) in [6, 6.07) is 19.2. The molecule has 0 saturated heterocycles. The molecule has 7 nitrogen and oxygen atoms in total. The number of ether oxygens (including phenoxy) is 1. The highest BCUT2D eigenvalue weighted by Gasteiger charge is 2.37. The Bertz CT molecular complexity index is 1300. The normalized spacial score (nSPS) is 13.8.